The van der Waals surface area contributed by atoms with E-state index < -0.39 is 5.97 Å². The second kappa shape index (κ2) is 6.06. The summed E-state index contributed by atoms with van der Waals surface area (Å²) in [5, 5.41) is 12.5. The molecule has 0 spiro atoms. The van der Waals surface area contributed by atoms with E-state index in [1.165, 1.54) is 0 Å². The van der Waals surface area contributed by atoms with Gasteiger partial charge in [-0.2, -0.15) is 0 Å². The fourth-order valence-corrected chi connectivity index (χ4v) is 2.34. The van der Waals surface area contributed by atoms with Gasteiger partial charge in [-0.3, -0.25) is 4.79 Å². The zero-order valence-electron chi connectivity index (χ0n) is 11.0. The number of aliphatic hydroxyl groups excluding tert-OH is 1. The minimum Gasteiger partial charge on any atom is -0.470 e. The molecule has 19 heavy (non-hydrogen) atoms. The van der Waals surface area contributed by atoms with Crippen LogP contribution in [0.2, 0.25) is 0 Å². The molecule has 0 radical (unpaired) electrons. The van der Waals surface area contributed by atoms with Crippen LogP contribution in [0.3, 0.4) is 0 Å². The van der Waals surface area contributed by atoms with Gasteiger partial charge in [-0.25, -0.2) is 4.79 Å². The van der Waals surface area contributed by atoms with Crippen LogP contribution < -0.4 is 5.32 Å². The van der Waals surface area contributed by atoms with Gasteiger partial charge in [-0.1, -0.05) is 0 Å². The Hall–Kier alpha value is -1.56. The summed E-state index contributed by atoms with van der Waals surface area (Å²) in [6.45, 7) is 1.79. The zero-order valence-corrected chi connectivity index (χ0v) is 11.0. The van der Waals surface area contributed by atoms with Crippen LogP contribution in [0.25, 0.3) is 0 Å². The average molecular weight is 269 g/mol. The Bertz CT molecular complexity index is 396. The van der Waals surface area contributed by atoms with E-state index in [1.54, 1.807) is 6.92 Å². The van der Waals surface area contributed by atoms with Crippen LogP contribution in [0.4, 0.5) is 0 Å². The van der Waals surface area contributed by atoms with Crippen molar-refractivity contribution in [2.24, 2.45) is 0 Å². The lowest BCUT2D eigenvalue weighted by Gasteiger charge is -2.27. The maximum absolute atomic E-state index is 11.7. The van der Waals surface area contributed by atoms with Crippen LogP contribution >= 0.6 is 0 Å². The Morgan fingerprint density at radius 3 is 2.74 bits per heavy atom. The summed E-state index contributed by atoms with van der Waals surface area (Å²) in [5.74, 6) is -0.759. The first-order valence-electron chi connectivity index (χ1n) is 6.63. The average Bonchev–Trinajstić information content (AvgIpc) is 2.74. The Morgan fingerprint density at radius 2 is 2.11 bits per heavy atom. The number of nitrogens with one attached hydrogen (secondary N) is 1. The van der Waals surface area contributed by atoms with Gasteiger partial charge in [0.05, 0.1) is 12.7 Å². The molecule has 0 aromatic carbocycles. The third-order valence-corrected chi connectivity index (χ3v) is 3.36. The Morgan fingerprint density at radius 1 is 1.42 bits per heavy atom. The molecule has 1 fully saturated rings. The lowest BCUT2D eigenvalue weighted by Crippen LogP contribution is -2.35. The largest absolute Gasteiger partial charge is 0.470 e. The highest BCUT2D eigenvalue weighted by Gasteiger charge is 2.33. The molecule has 6 heteroatoms. The SMILES string of the molecule is CCOC(=O)C1=C(NC2CCC(O)CC2)OCC1=O. The first-order chi connectivity index (χ1) is 9.11. The van der Waals surface area contributed by atoms with E-state index in [2.05, 4.69) is 5.32 Å². The Labute approximate surface area is 111 Å². The lowest BCUT2D eigenvalue weighted by molar-refractivity contribution is -0.139. The van der Waals surface area contributed by atoms with Crippen molar-refractivity contribution in [2.45, 2.75) is 44.8 Å². The van der Waals surface area contributed by atoms with E-state index in [0.29, 0.717) is 12.8 Å². The molecule has 2 rings (SSSR count). The van der Waals surface area contributed by atoms with Crippen LogP contribution in [-0.4, -0.2) is 42.2 Å². The molecule has 0 amide bonds. The minimum absolute atomic E-state index is 0.0204. The lowest BCUT2D eigenvalue weighted by atomic mass is 9.93. The summed E-state index contributed by atoms with van der Waals surface area (Å²) in [5.41, 5.74) is -0.0204. The molecule has 1 aliphatic heterocycles. The number of hydrogen-bond donors (Lipinski definition) is 2. The summed E-state index contributed by atoms with van der Waals surface area (Å²) >= 11 is 0. The molecule has 0 bridgehead atoms. The molecule has 0 atom stereocenters. The summed E-state index contributed by atoms with van der Waals surface area (Å²) in [6.07, 6.45) is 2.76. The molecular formula is C13H19NO5. The van der Waals surface area contributed by atoms with Gasteiger partial charge < -0.3 is 19.9 Å². The van der Waals surface area contributed by atoms with Crippen LogP contribution in [0.1, 0.15) is 32.6 Å². The predicted octanol–water partition coefficient (Wildman–Crippen LogP) is 0.253. The second-order valence-electron chi connectivity index (χ2n) is 4.79. The summed E-state index contributed by atoms with van der Waals surface area (Å²) in [6, 6.07) is 0.119. The van der Waals surface area contributed by atoms with Crippen LogP contribution in [0.15, 0.2) is 11.5 Å². The van der Waals surface area contributed by atoms with Crippen molar-refractivity contribution in [3.63, 3.8) is 0 Å². The van der Waals surface area contributed by atoms with Crippen molar-refractivity contribution in [3.05, 3.63) is 11.5 Å². The predicted molar refractivity (Wildman–Crippen MR) is 66.0 cm³/mol. The fraction of sp³-hybridized carbons (Fsp3) is 0.692. The van der Waals surface area contributed by atoms with Gasteiger partial charge in [0.15, 0.2) is 12.2 Å². The third-order valence-electron chi connectivity index (χ3n) is 3.36. The van der Waals surface area contributed by atoms with Gasteiger partial charge in [0, 0.05) is 6.04 Å². The van der Waals surface area contributed by atoms with Crippen molar-refractivity contribution < 1.29 is 24.2 Å². The van der Waals surface area contributed by atoms with Crippen LogP contribution in [0, 0.1) is 0 Å². The van der Waals surface area contributed by atoms with E-state index in [9.17, 15) is 14.7 Å². The molecule has 0 unspecified atom stereocenters. The molecule has 2 N–H and O–H groups in total. The smallest absolute Gasteiger partial charge is 0.347 e. The van der Waals surface area contributed by atoms with Crippen molar-refractivity contribution in [2.75, 3.05) is 13.2 Å². The van der Waals surface area contributed by atoms with E-state index in [0.717, 1.165) is 12.8 Å². The van der Waals surface area contributed by atoms with E-state index in [-0.39, 0.29) is 42.6 Å². The molecule has 0 aromatic rings. The summed E-state index contributed by atoms with van der Waals surface area (Å²) in [4.78, 5) is 23.3. The number of hydrogen-bond acceptors (Lipinski definition) is 6. The van der Waals surface area contributed by atoms with E-state index >= 15 is 0 Å². The standard InChI is InChI=1S/C13H19NO5/c1-2-18-13(17)11-10(16)7-19-12(11)14-8-3-5-9(15)6-4-8/h8-9,14-15H,2-7H2,1H3. The number of aliphatic hydroxyl groups is 1. The molecule has 1 heterocycles. The summed E-state index contributed by atoms with van der Waals surface area (Å²) < 4.78 is 10.1. The Kier molecular flexibility index (Phi) is 4.42. The van der Waals surface area contributed by atoms with Gasteiger partial charge in [-0.15, -0.1) is 0 Å². The number of carbonyl (C=O) groups is 2. The molecule has 106 valence electrons. The molecule has 0 saturated heterocycles. The maximum atomic E-state index is 11.7. The highest BCUT2D eigenvalue weighted by molar-refractivity contribution is 6.19. The quantitative estimate of drug-likeness (QED) is 0.562. The molecule has 1 saturated carbocycles. The van der Waals surface area contributed by atoms with E-state index in [4.69, 9.17) is 9.47 Å². The van der Waals surface area contributed by atoms with Crippen molar-refractivity contribution in [1.82, 2.24) is 5.32 Å². The summed E-state index contributed by atoms with van der Waals surface area (Å²) in [7, 11) is 0. The highest BCUT2D eigenvalue weighted by atomic mass is 16.5. The number of esters is 1. The van der Waals surface area contributed by atoms with Crippen LogP contribution in [0.5, 0.6) is 0 Å². The number of carbonyl (C=O) groups excluding carboxylic acids is 2. The van der Waals surface area contributed by atoms with E-state index in [1.807, 2.05) is 0 Å². The minimum atomic E-state index is -0.636. The highest BCUT2D eigenvalue weighted by Crippen LogP contribution is 2.22. The van der Waals surface area contributed by atoms with Gasteiger partial charge in [0.25, 0.3) is 0 Å². The number of rotatable bonds is 4. The topological polar surface area (TPSA) is 84.9 Å². The number of ketones is 1. The van der Waals surface area contributed by atoms with Gasteiger partial charge in [0.1, 0.15) is 0 Å². The number of ether oxygens (including phenoxy) is 2. The van der Waals surface area contributed by atoms with Gasteiger partial charge in [0.2, 0.25) is 11.7 Å². The maximum Gasteiger partial charge on any atom is 0.347 e. The second-order valence-corrected chi connectivity index (χ2v) is 4.79. The van der Waals surface area contributed by atoms with Crippen molar-refractivity contribution >= 4 is 11.8 Å². The molecule has 6 nitrogen and oxygen atoms in total. The monoisotopic (exact) mass is 269 g/mol. The van der Waals surface area contributed by atoms with Gasteiger partial charge >= 0.3 is 5.97 Å². The Balaban J connectivity index is 2.03. The molecular weight excluding hydrogens is 250 g/mol. The van der Waals surface area contributed by atoms with Crippen LogP contribution in [-0.2, 0) is 19.1 Å². The van der Waals surface area contributed by atoms with Gasteiger partial charge in [-0.05, 0) is 32.6 Å². The van der Waals surface area contributed by atoms with Crippen molar-refractivity contribution in [3.8, 4) is 0 Å². The normalized spacial score (nSPS) is 27.2. The zero-order chi connectivity index (χ0) is 13.8. The molecule has 2 aliphatic rings. The molecule has 0 aromatic heterocycles. The first kappa shape index (κ1) is 13.9. The fourth-order valence-electron chi connectivity index (χ4n) is 2.34. The van der Waals surface area contributed by atoms with Crippen molar-refractivity contribution in [1.29, 1.82) is 0 Å². The third kappa shape index (κ3) is 3.26. The molecule has 1 aliphatic carbocycles. The number of Topliss-reactive ketones (excluding diaryl/α,β-unsaturated/α-hetero) is 1. The first-order valence-corrected chi connectivity index (χ1v) is 6.63.